The second kappa shape index (κ2) is 9.57. The molecule has 0 saturated heterocycles. The van der Waals surface area contributed by atoms with E-state index < -0.39 is 11.7 Å². The maximum Gasteiger partial charge on any atom is 0.407 e. The van der Waals surface area contributed by atoms with E-state index in [9.17, 15) is 4.79 Å². The minimum atomic E-state index is -0.470. The summed E-state index contributed by atoms with van der Waals surface area (Å²) in [5.41, 5.74) is 0.695. The van der Waals surface area contributed by atoms with Crippen molar-refractivity contribution in [2.45, 2.75) is 32.9 Å². The highest BCUT2D eigenvalue weighted by Crippen LogP contribution is 2.25. The first-order valence-electron chi connectivity index (χ1n) is 7.47. The Morgan fingerprint density at radius 1 is 1.26 bits per heavy atom. The first-order valence-corrected chi connectivity index (χ1v) is 8.26. The highest BCUT2D eigenvalue weighted by Gasteiger charge is 2.14. The predicted molar refractivity (Wildman–Crippen MR) is 95.8 cm³/mol. The third-order valence-electron chi connectivity index (χ3n) is 2.74. The highest BCUT2D eigenvalue weighted by atomic mass is 79.9. The normalized spacial score (nSPS) is 11.5. The summed E-state index contributed by atoms with van der Waals surface area (Å²) in [6.45, 7) is 7.44. The summed E-state index contributed by atoms with van der Waals surface area (Å²) < 4.78 is 11.3. The molecule has 1 aromatic carbocycles. The summed E-state index contributed by atoms with van der Waals surface area (Å²) in [4.78, 5) is 11.4. The van der Waals surface area contributed by atoms with Gasteiger partial charge in [-0.3, -0.25) is 0 Å². The lowest BCUT2D eigenvalue weighted by Crippen LogP contribution is -2.32. The number of alkyl carbamates (subject to hydrolysis) is 1. The molecular formula is C17H25BrN2O3. The Labute approximate surface area is 146 Å². The van der Waals surface area contributed by atoms with Crippen LogP contribution in [0.3, 0.4) is 0 Å². The van der Waals surface area contributed by atoms with Gasteiger partial charge in [0.2, 0.25) is 0 Å². The molecule has 0 spiro atoms. The molecule has 0 fully saturated rings. The smallest absolute Gasteiger partial charge is 0.407 e. The molecule has 0 radical (unpaired) electrons. The lowest BCUT2D eigenvalue weighted by atomic mass is 10.2. The van der Waals surface area contributed by atoms with E-state index in [1.54, 1.807) is 7.11 Å². The summed E-state index contributed by atoms with van der Waals surface area (Å²) in [5, 5.41) is 5.97. The van der Waals surface area contributed by atoms with E-state index in [-0.39, 0.29) is 0 Å². The lowest BCUT2D eigenvalue weighted by molar-refractivity contribution is 0.0534. The molecule has 0 atom stereocenters. The van der Waals surface area contributed by atoms with Gasteiger partial charge in [0, 0.05) is 19.6 Å². The maximum atomic E-state index is 11.4. The molecule has 0 bridgehead atoms. The van der Waals surface area contributed by atoms with Gasteiger partial charge in [-0.05, 0) is 54.4 Å². The summed E-state index contributed by atoms with van der Waals surface area (Å²) in [7, 11) is 1.65. The second-order valence-electron chi connectivity index (χ2n) is 5.95. The van der Waals surface area contributed by atoms with Crippen molar-refractivity contribution in [3.05, 3.63) is 40.4 Å². The van der Waals surface area contributed by atoms with Gasteiger partial charge in [-0.1, -0.05) is 18.2 Å². The van der Waals surface area contributed by atoms with Crippen LogP contribution in [-0.2, 0) is 11.3 Å². The van der Waals surface area contributed by atoms with Crippen LogP contribution in [0.1, 0.15) is 26.3 Å². The molecule has 1 aromatic rings. The quantitative estimate of drug-likeness (QED) is 0.556. The van der Waals surface area contributed by atoms with Crippen LogP contribution in [0.15, 0.2) is 34.8 Å². The number of carbonyl (C=O) groups is 1. The van der Waals surface area contributed by atoms with E-state index in [0.717, 1.165) is 28.9 Å². The number of ether oxygens (including phenoxy) is 2. The SMILES string of the molecule is COc1ccc(CNC/C=C/CNC(=O)OC(C)(C)C)cc1Br. The lowest BCUT2D eigenvalue weighted by Gasteiger charge is -2.19. The largest absolute Gasteiger partial charge is 0.496 e. The van der Waals surface area contributed by atoms with Crippen LogP contribution in [-0.4, -0.2) is 31.9 Å². The Balaban J connectivity index is 2.20. The van der Waals surface area contributed by atoms with Crippen LogP contribution in [0.5, 0.6) is 5.75 Å². The molecule has 0 heterocycles. The molecule has 5 nitrogen and oxygen atoms in total. The average Bonchev–Trinajstić information content (AvgIpc) is 2.44. The Bertz CT molecular complexity index is 539. The number of amides is 1. The minimum absolute atomic E-state index is 0.404. The van der Waals surface area contributed by atoms with E-state index >= 15 is 0 Å². The number of halogens is 1. The molecule has 0 aliphatic rings. The summed E-state index contributed by atoms with van der Waals surface area (Å²) >= 11 is 3.47. The van der Waals surface area contributed by atoms with E-state index in [1.807, 2.05) is 51.1 Å². The van der Waals surface area contributed by atoms with Crippen LogP contribution in [0, 0.1) is 0 Å². The van der Waals surface area contributed by atoms with Gasteiger partial charge in [0.15, 0.2) is 0 Å². The van der Waals surface area contributed by atoms with Gasteiger partial charge in [0.25, 0.3) is 0 Å². The fourth-order valence-electron chi connectivity index (χ4n) is 1.74. The average molecular weight is 385 g/mol. The van der Waals surface area contributed by atoms with Crippen LogP contribution in [0.4, 0.5) is 4.79 Å². The summed E-state index contributed by atoms with van der Waals surface area (Å²) in [6, 6.07) is 5.98. The van der Waals surface area contributed by atoms with Gasteiger partial charge in [-0.2, -0.15) is 0 Å². The van der Waals surface area contributed by atoms with E-state index in [1.165, 1.54) is 0 Å². The third kappa shape index (κ3) is 8.62. The van der Waals surface area contributed by atoms with E-state index in [2.05, 4.69) is 26.6 Å². The molecule has 0 unspecified atom stereocenters. The minimum Gasteiger partial charge on any atom is -0.496 e. The zero-order valence-corrected chi connectivity index (χ0v) is 15.7. The number of benzene rings is 1. The Morgan fingerprint density at radius 3 is 2.57 bits per heavy atom. The van der Waals surface area contributed by atoms with Gasteiger partial charge >= 0.3 is 6.09 Å². The van der Waals surface area contributed by atoms with Crippen molar-refractivity contribution in [3.63, 3.8) is 0 Å². The van der Waals surface area contributed by atoms with Crippen LogP contribution < -0.4 is 15.4 Å². The Hall–Kier alpha value is -1.53. The van der Waals surface area contributed by atoms with Crippen molar-refractivity contribution in [1.29, 1.82) is 0 Å². The van der Waals surface area contributed by atoms with Gasteiger partial charge in [0.05, 0.1) is 11.6 Å². The van der Waals surface area contributed by atoms with Gasteiger partial charge in [-0.25, -0.2) is 4.79 Å². The first kappa shape index (κ1) is 19.5. The second-order valence-corrected chi connectivity index (χ2v) is 6.81. The molecule has 1 rings (SSSR count). The fourth-order valence-corrected chi connectivity index (χ4v) is 2.33. The number of nitrogens with one attached hydrogen (secondary N) is 2. The van der Waals surface area contributed by atoms with Gasteiger partial charge in [-0.15, -0.1) is 0 Å². The summed E-state index contributed by atoms with van der Waals surface area (Å²) in [5.74, 6) is 0.821. The molecule has 0 aliphatic carbocycles. The number of rotatable bonds is 7. The van der Waals surface area contributed by atoms with Crippen molar-refractivity contribution in [3.8, 4) is 5.75 Å². The van der Waals surface area contributed by atoms with Crippen molar-refractivity contribution in [1.82, 2.24) is 10.6 Å². The van der Waals surface area contributed by atoms with Crippen molar-refractivity contribution < 1.29 is 14.3 Å². The molecule has 0 aromatic heterocycles. The van der Waals surface area contributed by atoms with Crippen LogP contribution in [0.25, 0.3) is 0 Å². The topological polar surface area (TPSA) is 59.6 Å². The van der Waals surface area contributed by atoms with Gasteiger partial charge < -0.3 is 20.1 Å². The molecular weight excluding hydrogens is 360 g/mol. The van der Waals surface area contributed by atoms with Crippen molar-refractivity contribution in [2.75, 3.05) is 20.2 Å². The molecule has 128 valence electrons. The maximum absolute atomic E-state index is 11.4. The Kier molecular flexibility index (Phi) is 8.12. The third-order valence-corrected chi connectivity index (χ3v) is 3.36. The van der Waals surface area contributed by atoms with Crippen molar-refractivity contribution in [2.24, 2.45) is 0 Å². The molecule has 0 saturated carbocycles. The van der Waals surface area contributed by atoms with Crippen LogP contribution >= 0.6 is 15.9 Å². The standard InChI is InChI=1S/C17H25BrN2O3/c1-17(2,3)23-16(21)20-10-6-5-9-19-12-13-7-8-15(22-4)14(18)11-13/h5-8,11,19H,9-10,12H2,1-4H3,(H,20,21)/b6-5+. The van der Waals surface area contributed by atoms with Gasteiger partial charge in [0.1, 0.15) is 11.4 Å². The van der Waals surface area contributed by atoms with E-state index in [0.29, 0.717) is 6.54 Å². The number of hydrogen-bond donors (Lipinski definition) is 2. The monoisotopic (exact) mass is 384 g/mol. The summed E-state index contributed by atoms with van der Waals surface area (Å²) in [6.07, 6.45) is 3.45. The molecule has 2 N–H and O–H groups in total. The van der Waals surface area contributed by atoms with Crippen molar-refractivity contribution >= 4 is 22.0 Å². The zero-order valence-electron chi connectivity index (χ0n) is 14.1. The van der Waals surface area contributed by atoms with Crippen LogP contribution in [0.2, 0.25) is 0 Å². The number of methoxy groups -OCH3 is 1. The molecule has 6 heteroatoms. The fraction of sp³-hybridized carbons (Fsp3) is 0.471. The predicted octanol–water partition coefficient (Wildman–Crippen LogP) is 3.63. The molecule has 1 amide bonds. The number of carbonyl (C=O) groups excluding carboxylic acids is 1. The Morgan fingerprint density at radius 2 is 1.96 bits per heavy atom. The first-order chi connectivity index (χ1) is 10.8. The number of hydrogen-bond acceptors (Lipinski definition) is 4. The molecule has 0 aliphatic heterocycles. The zero-order chi connectivity index (χ0) is 17.3. The highest BCUT2D eigenvalue weighted by molar-refractivity contribution is 9.10. The molecule has 23 heavy (non-hydrogen) atoms. The van der Waals surface area contributed by atoms with E-state index in [4.69, 9.17) is 9.47 Å².